The Morgan fingerprint density at radius 1 is 1.39 bits per heavy atom. The van der Waals surface area contributed by atoms with Crippen LogP contribution in [0.2, 0.25) is 5.02 Å². The molecule has 1 amide bonds. The van der Waals surface area contributed by atoms with Crippen LogP contribution in [0, 0.1) is 0 Å². The van der Waals surface area contributed by atoms with E-state index in [-0.39, 0.29) is 5.91 Å². The molecule has 0 saturated carbocycles. The van der Waals surface area contributed by atoms with Crippen molar-refractivity contribution in [1.29, 1.82) is 0 Å². The Hall–Kier alpha value is -2.01. The summed E-state index contributed by atoms with van der Waals surface area (Å²) in [5.74, 6) is -0.251. The lowest BCUT2D eigenvalue weighted by atomic mass is 10.1. The van der Waals surface area contributed by atoms with Gasteiger partial charge in [-0.1, -0.05) is 23.7 Å². The monoisotopic (exact) mass is 264 g/mol. The molecule has 0 unspecified atom stereocenters. The van der Waals surface area contributed by atoms with Gasteiger partial charge in [0.25, 0.3) is 5.91 Å². The highest BCUT2D eigenvalue weighted by atomic mass is 35.5. The third-order valence-corrected chi connectivity index (χ3v) is 2.76. The maximum absolute atomic E-state index is 11.7. The maximum Gasteiger partial charge on any atom is 0.271 e. The van der Waals surface area contributed by atoms with Crippen molar-refractivity contribution in [3.63, 3.8) is 0 Å². The highest BCUT2D eigenvalue weighted by Crippen LogP contribution is 2.10. The first-order chi connectivity index (χ1) is 8.66. The quantitative estimate of drug-likeness (QED) is 0.785. The molecule has 0 aliphatic rings. The number of carbonyl (C=O) groups excluding carboxylic acids is 1. The van der Waals surface area contributed by atoms with Gasteiger partial charge in [0.1, 0.15) is 5.69 Å². The van der Waals surface area contributed by atoms with Crippen LogP contribution < -0.4 is 11.1 Å². The van der Waals surface area contributed by atoms with Gasteiger partial charge in [-0.15, -0.1) is 0 Å². The van der Waals surface area contributed by atoms with Crippen molar-refractivity contribution in [2.24, 2.45) is 0 Å². The van der Waals surface area contributed by atoms with Crippen LogP contribution in [-0.2, 0) is 6.42 Å². The summed E-state index contributed by atoms with van der Waals surface area (Å²) in [5.41, 5.74) is 7.32. The highest BCUT2D eigenvalue weighted by molar-refractivity contribution is 6.30. The van der Waals surface area contributed by atoms with E-state index in [1.807, 2.05) is 24.3 Å². The molecule has 0 atom stereocenters. The number of nitrogens with one attached hydrogen (secondary N) is 2. The number of H-pyrrole nitrogens is 1. The van der Waals surface area contributed by atoms with Gasteiger partial charge in [0, 0.05) is 11.6 Å². The van der Waals surface area contributed by atoms with E-state index in [0.29, 0.717) is 22.9 Å². The number of rotatable bonds is 4. The fourth-order valence-electron chi connectivity index (χ4n) is 1.54. The predicted octanol–water partition coefficient (Wildman–Crippen LogP) is 1.62. The van der Waals surface area contributed by atoms with Gasteiger partial charge < -0.3 is 11.1 Å². The van der Waals surface area contributed by atoms with Crippen LogP contribution in [0.15, 0.2) is 30.5 Å². The lowest BCUT2D eigenvalue weighted by Gasteiger charge is -2.04. The molecule has 0 aliphatic heterocycles. The summed E-state index contributed by atoms with van der Waals surface area (Å²) >= 11 is 5.79. The average Bonchev–Trinajstić information content (AvgIpc) is 2.78. The zero-order valence-electron chi connectivity index (χ0n) is 9.61. The van der Waals surface area contributed by atoms with E-state index < -0.39 is 0 Å². The molecule has 18 heavy (non-hydrogen) atoms. The van der Waals surface area contributed by atoms with E-state index in [0.717, 1.165) is 12.0 Å². The number of nitrogen functional groups attached to an aromatic ring is 1. The smallest absolute Gasteiger partial charge is 0.271 e. The Morgan fingerprint density at radius 2 is 2.11 bits per heavy atom. The number of hydrogen-bond donors (Lipinski definition) is 3. The standard InChI is InChI=1S/C12H13ClN4O/c13-9-3-1-8(2-4-9)5-6-15-12(18)11-10(14)7-16-17-11/h1-4,7H,5-6,14H2,(H,15,18)(H,16,17). The Kier molecular flexibility index (Phi) is 3.84. The Bertz CT molecular complexity index is 535. The van der Waals surface area contributed by atoms with Crippen LogP contribution in [0.3, 0.4) is 0 Å². The summed E-state index contributed by atoms with van der Waals surface area (Å²) in [6.07, 6.45) is 2.14. The van der Waals surface area contributed by atoms with Crippen molar-refractivity contribution >= 4 is 23.2 Å². The van der Waals surface area contributed by atoms with E-state index in [9.17, 15) is 4.79 Å². The van der Waals surface area contributed by atoms with Gasteiger partial charge in [-0.05, 0) is 24.1 Å². The molecule has 1 aromatic carbocycles. The molecule has 4 N–H and O–H groups in total. The van der Waals surface area contributed by atoms with Crippen LogP contribution >= 0.6 is 11.6 Å². The SMILES string of the molecule is Nc1cn[nH]c1C(=O)NCCc1ccc(Cl)cc1. The summed E-state index contributed by atoms with van der Waals surface area (Å²) in [7, 11) is 0. The van der Waals surface area contributed by atoms with Crippen LogP contribution in [-0.4, -0.2) is 22.6 Å². The van der Waals surface area contributed by atoms with Crippen molar-refractivity contribution in [1.82, 2.24) is 15.5 Å². The van der Waals surface area contributed by atoms with E-state index >= 15 is 0 Å². The second-order valence-electron chi connectivity index (χ2n) is 3.83. The fraction of sp³-hybridized carbons (Fsp3) is 0.167. The lowest BCUT2D eigenvalue weighted by Crippen LogP contribution is -2.26. The van der Waals surface area contributed by atoms with Gasteiger partial charge >= 0.3 is 0 Å². The largest absolute Gasteiger partial charge is 0.396 e. The topological polar surface area (TPSA) is 83.8 Å². The first kappa shape index (κ1) is 12.4. The Balaban J connectivity index is 1.84. The number of aromatic amines is 1. The summed E-state index contributed by atoms with van der Waals surface area (Å²) in [4.78, 5) is 11.7. The van der Waals surface area contributed by atoms with Crippen molar-refractivity contribution < 1.29 is 4.79 Å². The molecule has 5 nitrogen and oxygen atoms in total. The predicted molar refractivity (Wildman–Crippen MR) is 70.5 cm³/mol. The van der Waals surface area contributed by atoms with Crippen molar-refractivity contribution in [3.05, 3.63) is 46.7 Å². The molecule has 0 radical (unpaired) electrons. The summed E-state index contributed by atoms with van der Waals surface area (Å²) in [6, 6.07) is 7.51. The molecule has 1 heterocycles. The zero-order valence-corrected chi connectivity index (χ0v) is 10.4. The molecule has 1 aromatic heterocycles. The van der Waals surface area contributed by atoms with Crippen molar-refractivity contribution in [3.8, 4) is 0 Å². The molecule has 2 aromatic rings. The molecule has 2 rings (SSSR count). The van der Waals surface area contributed by atoms with Crippen LogP contribution in [0.5, 0.6) is 0 Å². The number of nitrogens with zero attached hydrogens (tertiary/aromatic N) is 1. The van der Waals surface area contributed by atoms with Gasteiger partial charge in [0.15, 0.2) is 0 Å². The zero-order chi connectivity index (χ0) is 13.0. The molecule has 0 aliphatic carbocycles. The van der Waals surface area contributed by atoms with E-state index in [1.54, 1.807) is 0 Å². The summed E-state index contributed by atoms with van der Waals surface area (Å²) in [6.45, 7) is 0.527. The average molecular weight is 265 g/mol. The van der Waals surface area contributed by atoms with Gasteiger partial charge in [0.2, 0.25) is 0 Å². The minimum Gasteiger partial charge on any atom is -0.396 e. The first-order valence-corrected chi connectivity index (χ1v) is 5.86. The Morgan fingerprint density at radius 3 is 2.72 bits per heavy atom. The number of aromatic nitrogens is 2. The molecule has 94 valence electrons. The minimum absolute atomic E-state index is 0.251. The number of anilines is 1. The number of carbonyl (C=O) groups is 1. The summed E-state index contributed by atoms with van der Waals surface area (Å²) < 4.78 is 0. The highest BCUT2D eigenvalue weighted by Gasteiger charge is 2.10. The molecule has 0 fully saturated rings. The van der Waals surface area contributed by atoms with Gasteiger partial charge in [-0.3, -0.25) is 9.89 Å². The van der Waals surface area contributed by atoms with E-state index in [2.05, 4.69) is 15.5 Å². The van der Waals surface area contributed by atoms with Crippen LogP contribution in [0.25, 0.3) is 0 Å². The van der Waals surface area contributed by atoms with Gasteiger partial charge in [0.05, 0.1) is 11.9 Å². The van der Waals surface area contributed by atoms with E-state index in [1.165, 1.54) is 6.20 Å². The third-order valence-electron chi connectivity index (χ3n) is 2.51. The molecule has 0 spiro atoms. The minimum atomic E-state index is -0.251. The van der Waals surface area contributed by atoms with E-state index in [4.69, 9.17) is 17.3 Å². The molecule has 6 heteroatoms. The van der Waals surface area contributed by atoms with Gasteiger partial charge in [-0.25, -0.2) is 0 Å². The molecule has 0 bridgehead atoms. The lowest BCUT2D eigenvalue weighted by molar-refractivity contribution is 0.0950. The third kappa shape index (κ3) is 3.01. The molecular formula is C12H13ClN4O. The normalized spacial score (nSPS) is 10.3. The van der Waals surface area contributed by atoms with Crippen LogP contribution in [0.1, 0.15) is 16.1 Å². The maximum atomic E-state index is 11.7. The number of amides is 1. The number of halogens is 1. The second kappa shape index (κ2) is 5.55. The number of nitrogens with two attached hydrogens (primary N) is 1. The van der Waals surface area contributed by atoms with Crippen LogP contribution in [0.4, 0.5) is 5.69 Å². The first-order valence-electron chi connectivity index (χ1n) is 5.48. The molecular weight excluding hydrogens is 252 g/mol. The number of hydrogen-bond acceptors (Lipinski definition) is 3. The molecule has 0 saturated heterocycles. The fourth-order valence-corrected chi connectivity index (χ4v) is 1.66. The summed E-state index contributed by atoms with van der Waals surface area (Å²) in [5, 5.41) is 9.72. The van der Waals surface area contributed by atoms with Crippen molar-refractivity contribution in [2.75, 3.05) is 12.3 Å². The Labute approximate surface area is 109 Å². The van der Waals surface area contributed by atoms with Gasteiger partial charge in [-0.2, -0.15) is 5.10 Å². The second-order valence-corrected chi connectivity index (χ2v) is 4.27. The van der Waals surface area contributed by atoms with Crippen molar-refractivity contribution in [2.45, 2.75) is 6.42 Å². The number of benzene rings is 1.